The average Bonchev–Trinajstić information content (AvgIpc) is 2.61. The monoisotopic (exact) mass is 271 g/mol. The highest BCUT2D eigenvalue weighted by Crippen LogP contribution is 2.26. The molecule has 0 radical (unpaired) electrons. The van der Waals surface area contributed by atoms with Crippen LogP contribution in [0.15, 0.2) is 40.7 Å². The summed E-state index contributed by atoms with van der Waals surface area (Å²) in [7, 11) is 0. The first-order valence-electron chi connectivity index (χ1n) is 6.39. The number of rotatable bonds is 1. The van der Waals surface area contributed by atoms with Crippen LogP contribution in [0.1, 0.15) is 24.5 Å². The lowest BCUT2D eigenvalue weighted by molar-refractivity contribution is 0.988. The molecule has 19 heavy (non-hydrogen) atoms. The van der Waals surface area contributed by atoms with Gasteiger partial charge in [-0.1, -0.05) is 48.4 Å². The summed E-state index contributed by atoms with van der Waals surface area (Å²) >= 11 is 5.98. The Bertz CT molecular complexity index is 768. The summed E-state index contributed by atoms with van der Waals surface area (Å²) in [5.74, 6) is 0. The first kappa shape index (κ1) is 12.2. The van der Waals surface area contributed by atoms with Crippen molar-refractivity contribution in [1.29, 1.82) is 0 Å². The van der Waals surface area contributed by atoms with Crippen molar-refractivity contribution in [3.8, 4) is 0 Å². The molecule has 3 rings (SSSR count). The summed E-state index contributed by atoms with van der Waals surface area (Å²) in [6.45, 7) is 2.11. The second-order valence-electron chi connectivity index (χ2n) is 4.75. The number of aromatic amines is 1. The Balaban J connectivity index is 2.33. The fraction of sp³-hybridized carbons (Fsp3) is 0.188. The second kappa shape index (κ2) is 4.71. The maximum Gasteiger partial charge on any atom is 0.252 e. The van der Waals surface area contributed by atoms with Gasteiger partial charge in [0.1, 0.15) is 0 Å². The highest BCUT2D eigenvalue weighted by Gasteiger charge is 2.13. The third-order valence-corrected chi connectivity index (χ3v) is 3.81. The standard InChI is InChI=1S/C16H14ClNO/c1-2-10-4-3-5-12-13-7-6-11(17)9-15(13)18-16(19)14(12)8-10/h3-7,9H,2,8H2,1H3,(H,18,19). The number of pyridine rings is 1. The molecule has 0 amide bonds. The molecular formula is C16H14ClNO. The molecule has 2 nitrogen and oxygen atoms in total. The molecule has 1 aliphatic rings. The van der Waals surface area contributed by atoms with Gasteiger partial charge in [0.05, 0.1) is 5.52 Å². The van der Waals surface area contributed by atoms with Crippen LogP contribution < -0.4 is 5.56 Å². The molecule has 0 saturated heterocycles. The second-order valence-corrected chi connectivity index (χ2v) is 5.19. The maximum atomic E-state index is 12.2. The predicted octanol–water partition coefficient (Wildman–Crippen LogP) is 4.09. The van der Waals surface area contributed by atoms with Gasteiger partial charge < -0.3 is 4.98 Å². The summed E-state index contributed by atoms with van der Waals surface area (Å²) in [5, 5.41) is 1.68. The Morgan fingerprint density at radius 2 is 2.21 bits per heavy atom. The van der Waals surface area contributed by atoms with Gasteiger partial charge >= 0.3 is 0 Å². The minimum Gasteiger partial charge on any atom is -0.322 e. The van der Waals surface area contributed by atoms with Crippen LogP contribution in [0.2, 0.25) is 5.02 Å². The molecule has 1 aliphatic carbocycles. The number of benzene rings is 1. The molecule has 0 spiro atoms. The van der Waals surface area contributed by atoms with Crippen LogP contribution in [0.4, 0.5) is 0 Å². The van der Waals surface area contributed by atoms with Crippen molar-refractivity contribution < 1.29 is 0 Å². The molecule has 1 aromatic carbocycles. The van der Waals surface area contributed by atoms with E-state index in [9.17, 15) is 4.79 Å². The molecule has 96 valence electrons. The number of fused-ring (bicyclic) bond motifs is 3. The van der Waals surface area contributed by atoms with E-state index in [1.165, 1.54) is 5.57 Å². The quantitative estimate of drug-likeness (QED) is 0.833. The number of allylic oxidation sites excluding steroid dienone is 3. The fourth-order valence-corrected chi connectivity index (χ4v) is 2.68. The van der Waals surface area contributed by atoms with Crippen molar-refractivity contribution in [1.82, 2.24) is 4.98 Å². The zero-order valence-corrected chi connectivity index (χ0v) is 11.4. The summed E-state index contributed by atoms with van der Waals surface area (Å²) in [6, 6.07) is 5.62. The molecule has 3 heteroatoms. The molecule has 0 saturated carbocycles. The number of hydrogen-bond acceptors (Lipinski definition) is 1. The van der Waals surface area contributed by atoms with Gasteiger partial charge in [-0.2, -0.15) is 0 Å². The minimum atomic E-state index is -0.0179. The van der Waals surface area contributed by atoms with Gasteiger partial charge in [0.2, 0.25) is 0 Å². The molecular weight excluding hydrogens is 258 g/mol. The number of halogens is 1. The van der Waals surface area contributed by atoms with Crippen molar-refractivity contribution in [2.75, 3.05) is 0 Å². The SMILES string of the molecule is CCC1=CC=Cc2c(c(=O)[nH]c3cc(Cl)ccc23)C1. The van der Waals surface area contributed by atoms with E-state index in [1.807, 2.05) is 24.3 Å². The number of nitrogens with one attached hydrogen (secondary N) is 1. The van der Waals surface area contributed by atoms with E-state index < -0.39 is 0 Å². The van der Waals surface area contributed by atoms with Crippen molar-refractivity contribution in [2.24, 2.45) is 0 Å². The Morgan fingerprint density at radius 3 is 3.00 bits per heavy atom. The molecule has 0 atom stereocenters. The average molecular weight is 272 g/mol. The summed E-state index contributed by atoms with van der Waals surface area (Å²) in [5.41, 5.74) is 3.90. The highest BCUT2D eigenvalue weighted by molar-refractivity contribution is 6.31. The molecule has 2 aromatic rings. The number of aromatic nitrogens is 1. The van der Waals surface area contributed by atoms with Crippen molar-refractivity contribution in [3.63, 3.8) is 0 Å². The van der Waals surface area contributed by atoms with Gasteiger partial charge in [-0.05, 0) is 30.5 Å². The van der Waals surface area contributed by atoms with Crippen LogP contribution in [-0.4, -0.2) is 4.98 Å². The molecule has 1 aromatic heterocycles. The number of hydrogen-bond donors (Lipinski definition) is 1. The van der Waals surface area contributed by atoms with Gasteiger partial charge in [0.15, 0.2) is 0 Å². The Hall–Kier alpha value is -1.80. The topological polar surface area (TPSA) is 32.9 Å². The first-order valence-corrected chi connectivity index (χ1v) is 6.77. The molecule has 1 heterocycles. The van der Waals surface area contributed by atoms with E-state index in [-0.39, 0.29) is 5.56 Å². The predicted molar refractivity (Wildman–Crippen MR) is 80.7 cm³/mol. The zero-order valence-electron chi connectivity index (χ0n) is 10.7. The largest absolute Gasteiger partial charge is 0.322 e. The Labute approximate surface area is 116 Å². The van der Waals surface area contributed by atoms with Crippen LogP contribution in [0.25, 0.3) is 17.0 Å². The molecule has 0 fully saturated rings. The molecule has 1 N–H and O–H groups in total. The van der Waals surface area contributed by atoms with E-state index in [4.69, 9.17) is 11.6 Å². The molecule has 0 bridgehead atoms. The summed E-state index contributed by atoms with van der Waals surface area (Å²) < 4.78 is 0. The van der Waals surface area contributed by atoms with E-state index in [0.29, 0.717) is 11.4 Å². The van der Waals surface area contributed by atoms with E-state index in [2.05, 4.69) is 18.0 Å². The van der Waals surface area contributed by atoms with Crippen LogP contribution in [0, 0.1) is 0 Å². The van der Waals surface area contributed by atoms with Gasteiger partial charge in [-0.3, -0.25) is 4.79 Å². The molecule has 0 unspecified atom stereocenters. The first-order chi connectivity index (χ1) is 9.19. The normalized spacial score (nSPS) is 14.1. The van der Waals surface area contributed by atoms with Crippen molar-refractivity contribution in [2.45, 2.75) is 19.8 Å². The Morgan fingerprint density at radius 1 is 1.37 bits per heavy atom. The van der Waals surface area contributed by atoms with Crippen molar-refractivity contribution >= 4 is 28.6 Å². The van der Waals surface area contributed by atoms with Gasteiger partial charge in [0.25, 0.3) is 5.56 Å². The zero-order chi connectivity index (χ0) is 13.4. The molecule has 0 aliphatic heterocycles. The summed E-state index contributed by atoms with van der Waals surface area (Å²) in [4.78, 5) is 15.2. The lowest BCUT2D eigenvalue weighted by Gasteiger charge is -2.09. The van der Waals surface area contributed by atoms with Crippen LogP contribution in [0.3, 0.4) is 0 Å². The smallest absolute Gasteiger partial charge is 0.252 e. The lowest BCUT2D eigenvalue weighted by atomic mass is 9.98. The van der Waals surface area contributed by atoms with Crippen molar-refractivity contribution in [3.05, 3.63) is 62.4 Å². The lowest BCUT2D eigenvalue weighted by Crippen LogP contribution is -2.15. The van der Waals surface area contributed by atoms with E-state index >= 15 is 0 Å². The third kappa shape index (κ3) is 2.13. The van der Waals surface area contributed by atoms with Crippen LogP contribution in [-0.2, 0) is 6.42 Å². The van der Waals surface area contributed by atoms with E-state index in [0.717, 1.165) is 28.5 Å². The third-order valence-electron chi connectivity index (χ3n) is 3.57. The van der Waals surface area contributed by atoms with Gasteiger partial charge in [-0.25, -0.2) is 0 Å². The van der Waals surface area contributed by atoms with Crippen LogP contribution >= 0.6 is 11.6 Å². The van der Waals surface area contributed by atoms with Gasteiger partial charge in [-0.15, -0.1) is 0 Å². The van der Waals surface area contributed by atoms with Crippen LogP contribution in [0.5, 0.6) is 0 Å². The Kier molecular flexibility index (Phi) is 3.03. The highest BCUT2D eigenvalue weighted by atomic mass is 35.5. The van der Waals surface area contributed by atoms with E-state index in [1.54, 1.807) is 6.07 Å². The maximum absolute atomic E-state index is 12.2. The number of H-pyrrole nitrogens is 1. The fourth-order valence-electron chi connectivity index (χ4n) is 2.51. The van der Waals surface area contributed by atoms with Gasteiger partial charge in [0, 0.05) is 16.0 Å². The summed E-state index contributed by atoms with van der Waals surface area (Å²) in [6.07, 6.45) is 7.82. The minimum absolute atomic E-state index is 0.0179.